The van der Waals surface area contributed by atoms with Crippen molar-refractivity contribution in [3.05, 3.63) is 46.8 Å². The molecular formula is C19H25ClN4O. The van der Waals surface area contributed by atoms with Gasteiger partial charge in [0.25, 0.3) is 5.91 Å². The number of nitrogens with zero attached hydrogens (tertiary/aromatic N) is 3. The van der Waals surface area contributed by atoms with E-state index in [9.17, 15) is 4.79 Å². The number of piperazine rings is 1. The molecule has 0 saturated carbocycles. The fourth-order valence-electron chi connectivity index (χ4n) is 3.89. The zero-order valence-electron chi connectivity index (χ0n) is 14.8. The molecule has 0 bridgehead atoms. The quantitative estimate of drug-likeness (QED) is 0.895. The molecule has 1 aliphatic heterocycles. The average molecular weight is 361 g/mol. The van der Waals surface area contributed by atoms with Gasteiger partial charge in [0, 0.05) is 36.9 Å². The molecule has 1 aromatic heterocycles. The standard InChI is InChI=1S/C19H24N4O.ClH/c1-13-6-3-4-8-16(13)23-17-9-5-7-15(17)18(21-23)19(24)22-11-10-20-12-14(22)2;/h3-4,6,8,14,20H,5,7,9-12H2,1-2H3;1H/t14-;/m1./s1. The van der Waals surface area contributed by atoms with Gasteiger partial charge in [-0.15, -0.1) is 12.4 Å². The van der Waals surface area contributed by atoms with Crippen LogP contribution in [0.2, 0.25) is 0 Å². The number of aryl methyl sites for hydroxylation is 1. The third kappa shape index (κ3) is 3.07. The van der Waals surface area contributed by atoms with Crippen molar-refractivity contribution in [3.8, 4) is 5.69 Å². The van der Waals surface area contributed by atoms with Crippen LogP contribution in [0.3, 0.4) is 0 Å². The fourth-order valence-corrected chi connectivity index (χ4v) is 3.89. The first-order valence-corrected chi connectivity index (χ1v) is 8.85. The lowest BCUT2D eigenvalue weighted by molar-refractivity contribution is 0.0648. The van der Waals surface area contributed by atoms with Crippen LogP contribution in [0, 0.1) is 6.92 Å². The molecule has 2 aliphatic rings. The molecular weight excluding hydrogens is 336 g/mol. The lowest BCUT2D eigenvalue weighted by Gasteiger charge is -2.33. The van der Waals surface area contributed by atoms with Crippen molar-refractivity contribution in [2.24, 2.45) is 0 Å². The van der Waals surface area contributed by atoms with E-state index in [4.69, 9.17) is 5.10 Å². The highest BCUT2D eigenvalue weighted by Crippen LogP contribution is 2.29. The van der Waals surface area contributed by atoms with Crippen LogP contribution in [0.5, 0.6) is 0 Å². The second kappa shape index (κ2) is 7.18. The van der Waals surface area contributed by atoms with E-state index in [2.05, 4.69) is 31.3 Å². The van der Waals surface area contributed by atoms with E-state index in [1.165, 1.54) is 11.3 Å². The van der Waals surface area contributed by atoms with E-state index in [0.29, 0.717) is 5.69 Å². The van der Waals surface area contributed by atoms with E-state index in [-0.39, 0.29) is 24.4 Å². The minimum Gasteiger partial charge on any atom is -0.332 e. The van der Waals surface area contributed by atoms with Crippen LogP contribution < -0.4 is 5.32 Å². The van der Waals surface area contributed by atoms with Crippen molar-refractivity contribution in [3.63, 3.8) is 0 Å². The van der Waals surface area contributed by atoms with Crippen LogP contribution >= 0.6 is 12.4 Å². The number of rotatable bonds is 2. The second-order valence-electron chi connectivity index (χ2n) is 6.88. The summed E-state index contributed by atoms with van der Waals surface area (Å²) in [6.45, 7) is 6.66. The number of carbonyl (C=O) groups is 1. The number of amides is 1. The summed E-state index contributed by atoms with van der Waals surface area (Å²) in [5, 5.41) is 8.12. The summed E-state index contributed by atoms with van der Waals surface area (Å²) in [5.74, 6) is 0.0921. The summed E-state index contributed by atoms with van der Waals surface area (Å²) in [6.07, 6.45) is 3.07. The van der Waals surface area contributed by atoms with Gasteiger partial charge in [0.2, 0.25) is 0 Å². The highest BCUT2D eigenvalue weighted by molar-refractivity contribution is 5.94. The lowest BCUT2D eigenvalue weighted by Crippen LogP contribution is -2.52. The summed E-state index contributed by atoms with van der Waals surface area (Å²) >= 11 is 0. The molecule has 0 radical (unpaired) electrons. The predicted octanol–water partition coefficient (Wildman–Crippen LogP) is 2.53. The van der Waals surface area contributed by atoms with Gasteiger partial charge in [-0.2, -0.15) is 5.10 Å². The Hall–Kier alpha value is -1.85. The van der Waals surface area contributed by atoms with E-state index < -0.39 is 0 Å². The fraction of sp³-hybridized carbons (Fsp3) is 0.474. The first-order valence-electron chi connectivity index (χ1n) is 8.85. The van der Waals surface area contributed by atoms with Gasteiger partial charge in [0.15, 0.2) is 5.69 Å². The van der Waals surface area contributed by atoms with Crippen molar-refractivity contribution in [1.29, 1.82) is 0 Å². The number of fused-ring (bicyclic) bond motifs is 1. The first-order chi connectivity index (χ1) is 11.7. The van der Waals surface area contributed by atoms with Gasteiger partial charge in [0.1, 0.15) is 0 Å². The highest BCUT2D eigenvalue weighted by atomic mass is 35.5. The monoisotopic (exact) mass is 360 g/mol. The highest BCUT2D eigenvalue weighted by Gasteiger charge is 2.32. The zero-order valence-corrected chi connectivity index (χ0v) is 15.6. The van der Waals surface area contributed by atoms with Crippen molar-refractivity contribution in [2.45, 2.75) is 39.2 Å². The summed E-state index contributed by atoms with van der Waals surface area (Å²) in [5.41, 5.74) is 5.32. The number of hydrogen-bond acceptors (Lipinski definition) is 3. The van der Waals surface area contributed by atoms with E-state index in [1.807, 2.05) is 21.7 Å². The number of aromatic nitrogens is 2. The van der Waals surface area contributed by atoms with Crippen LogP contribution in [-0.4, -0.2) is 46.3 Å². The van der Waals surface area contributed by atoms with Gasteiger partial charge in [-0.1, -0.05) is 18.2 Å². The topological polar surface area (TPSA) is 50.2 Å². The third-order valence-electron chi connectivity index (χ3n) is 5.24. The molecule has 1 fully saturated rings. The van der Waals surface area contributed by atoms with Crippen LogP contribution in [-0.2, 0) is 12.8 Å². The van der Waals surface area contributed by atoms with E-state index >= 15 is 0 Å². The molecule has 0 spiro atoms. The molecule has 2 aromatic rings. The Bertz CT molecular complexity index is 786. The molecule has 1 N–H and O–H groups in total. The molecule has 0 unspecified atom stereocenters. The number of nitrogens with one attached hydrogen (secondary N) is 1. The van der Waals surface area contributed by atoms with Crippen LogP contribution in [0.4, 0.5) is 0 Å². The lowest BCUT2D eigenvalue weighted by atomic mass is 10.1. The van der Waals surface area contributed by atoms with Gasteiger partial charge >= 0.3 is 0 Å². The van der Waals surface area contributed by atoms with Gasteiger partial charge in [-0.25, -0.2) is 4.68 Å². The number of benzene rings is 1. The van der Waals surface area contributed by atoms with Crippen molar-refractivity contribution < 1.29 is 4.79 Å². The van der Waals surface area contributed by atoms with Gasteiger partial charge in [-0.05, 0) is 44.7 Å². The Morgan fingerprint density at radius 3 is 2.84 bits per heavy atom. The Labute approximate surface area is 154 Å². The minimum atomic E-state index is 0. The minimum absolute atomic E-state index is 0. The first kappa shape index (κ1) is 18.0. The molecule has 25 heavy (non-hydrogen) atoms. The molecule has 1 amide bonds. The molecule has 6 heteroatoms. The molecule has 5 nitrogen and oxygen atoms in total. The second-order valence-corrected chi connectivity index (χ2v) is 6.88. The van der Waals surface area contributed by atoms with Crippen molar-refractivity contribution in [2.75, 3.05) is 19.6 Å². The van der Waals surface area contributed by atoms with Crippen LogP contribution in [0.1, 0.15) is 40.7 Å². The summed E-state index contributed by atoms with van der Waals surface area (Å²) in [4.78, 5) is 15.1. The van der Waals surface area contributed by atoms with Crippen LogP contribution in [0.15, 0.2) is 24.3 Å². The number of carbonyl (C=O) groups excluding carboxylic acids is 1. The molecule has 2 heterocycles. The maximum Gasteiger partial charge on any atom is 0.274 e. The summed E-state index contributed by atoms with van der Waals surface area (Å²) < 4.78 is 2.01. The number of para-hydroxylation sites is 1. The van der Waals surface area contributed by atoms with Crippen molar-refractivity contribution >= 4 is 18.3 Å². The maximum atomic E-state index is 13.1. The molecule has 1 atom stereocenters. The number of halogens is 1. The Balaban J connectivity index is 0.00000182. The van der Waals surface area contributed by atoms with Gasteiger partial charge < -0.3 is 10.2 Å². The predicted molar refractivity (Wildman–Crippen MR) is 101 cm³/mol. The van der Waals surface area contributed by atoms with E-state index in [0.717, 1.165) is 50.1 Å². The molecule has 4 rings (SSSR count). The molecule has 1 aromatic carbocycles. The zero-order chi connectivity index (χ0) is 16.7. The Morgan fingerprint density at radius 1 is 1.28 bits per heavy atom. The summed E-state index contributed by atoms with van der Waals surface area (Å²) in [7, 11) is 0. The average Bonchev–Trinajstić information content (AvgIpc) is 3.18. The molecule has 1 saturated heterocycles. The smallest absolute Gasteiger partial charge is 0.274 e. The largest absolute Gasteiger partial charge is 0.332 e. The Morgan fingerprint density at radius 2 is 2.08 bits per heavy atom. The Kier molecular flexibility index (Phi) is 5.16. The maximum absolute atomic E-state index is 13.1. The van der Waals surface area contributed by atoms with Crippen molar-refractivity contribution in [1.82, 2.24) is 20.0 Å². The molecule has 134 valence electrons. The summed E-state index contributed by atoms with van der Waals surface area (Å²) in [6, 6.07) is 8.47. The van der Waals surface area contributed by atoms with Crippen LogP contribution in [0.25, 0.3) is 5.69 Å². The SMILES string of the molecule is Cc1ccccc1-n1nc(C(=O)N2CCNC[C@H]2C)c2c1CCC2.Cl. The molecule has 1 aliphatic carbocycles. The van der Waals surface area contributed by atoms with Gasteiger partial charge in [0.05, 0.1) is 5.69 Å². The van der Waals surface area contributed by atoms with E-state index in [1.54, 1.807) is 0 Å². The third-order valence-corrected chi connectivity index (χ3v) is 5.24. The number of hydrogen-bond donors (Lipinski definition) is 1. The normalized spacial score (nSPS) is 19.4. The van der Waals surface area contributed by atoms with Gasteiger partial charge in [-0.3, -0.25) is 4.79 Å².